The number of anilines is 2. The molecular weight excluding hydrogens is 428 g/mol. The Kier molecular flexibility index (Phi) is 5.88. The van der Waals surface area contributed by atoms with E-state index < -0.39 is 11.8 Å². The van der Waals surface area contributed by atoms with Crippen molar-refractivity contribution < 1.29 is 19.1 Å². The molecule has 0 fully saturated rings. The summed E-state index contributed by atoms with van der Waals surface area (Å²) < 4.78 is 10.6. The molecule has 162 valence electrons. The van der Waals surface area contributed by atoms with Gasteiger partial charge in [-0.2, -0.15) is 0 Å². The van der Waals surface area contributed by atoms with E-state index in [2.05, 4.69) is 5.32 Å². The van der Waals surface area contributed by atoms with Crippen LogP contribution in [0.25, 0.3) is 5.57 Å². The van der Waals surface area contributed by atoms with Gasteiger partial charge in [-0.1, -0.05) is 41.4 Å². The van der Waals surface area contributed by atoms with Gasteiger partial charge in [0, 0.05) is 10.7 Å². The van der Waals surface area contributed by atoms with E-state index in [9.17, 15) is 9.59 Å². The number of ether oxygens (including phenoxy) is 2. The summed E-state index contributed by atoms with van der Waals surface area (Å²) in [6.45, 7) is 1.96. The maximum absolute atomic E-state index is 13.6. The number of hydrogen-bond donors (Lipinski definition) is 1. The van der Waals surface area contributed by atoms with Gasteiger partial charge in [0.05, 0.1) is 25.5 Å². The minimum Gasteiger partial charge on any atom is -0.497 e. The first kappa shape index (κ1) is 21.5. The number of aryl methyl sites for hydroxylation is 1. The smallest absolute Gasteiger partial charge is 0.282 e. The second-order valence-electron chi connectivity index (χ2n) is 7.23. The maximum atomic E-state index is 13.6. The lowest BCUT2D eigenvalue weighted by Gasteiger charge is -2.18. The highest BCUT2D eigenvalue weighted by Crippen LogP contribution is 2.39. The lowest BCUT2D eigenvalue weighted by molar-refractivity contribution is -0.120. The molecular formula is C25H21ClN2O4. The van der Waals surface area contributed by atoms with Crippen LogP contribution in [-0.4, -0.2) is 26.0 Å². The fraction of sp³-hybridized carbons (Fsp3) is 0.120. The molecule has 3 aromatic rings. The Bertz CT molecular complexity index is 1220. The molecule has 1 aliphatic rings. The average Bonchev–Trinajstić information content (AvgIpc) is 3.04. The summed E-state index contributed by atoms with van der Waals surface area (Å²) in [6, 6.07) is 19.3. The molecule has 4 rings (SSSR count). The van der Waals surface area contributed by atoms with Gasteiger partial charge in [0.1, 0.15) is 17.2 Å². The van der Waals surface area contributed by atoms with Gasteiger partial charge in [-0.15, -0.1) is 0 Å². The molecule has 7 heteroatoms. The minimum atomic E-state index is -0.498. The molecule has 0 spiro atoms. The van der Waals surface area contributed by atoms with Crippen molar-refractivity contribution in [2.45, 2.75) is 6.92 Å². The standard InChI is InChI=1S/C25H21ClN2O4/c1-15-4-6-16(7-5-15)22-23(27-18-9-11-19(31-2)12-10-18)25(30)28(24(22)29)20-14-17(26)8-13-21(20)32-3/h4-14,27H,1-3H3. The molecule has 3 aromatic carbocycles. The van der Waals surface area contributed by atoms with Gasteiger partial charge >= 0.3 is 0 Å². The number of imide groups is 1. The average molecular weight is 449 g/mol. The zero-order chi connectivity index (χ0) is 22.8. The van der Waals surface area contributed by atoms with Crippen LogP contribution in [0.3, 0.4) is 0 Å². The third kappa shape index (κ3) is 3.92. The normalized spacial score (nSPS) is 13.6. The molecule has 0 bridgehead atoms. The lowest BCUT2D eigenvalue weighted by Crippen LogP contribution is -2.32. The first-order valence-electron chi connectivity index (χ1n) is 9.87. The number of carbonyl (C=O) groups is 2. The van der Waals surface area contributed by atoms with E-state index in [4.69, 9.17) is 21.1 Å². The highest BCUT2D eigenvalue weighted by molar-refractivity contribution is 6.46. The van der Waals surface area contributed by atoms with Crippen LogP contribution in [0, 0.1) is 6.92 Å². The third-order valence-electron chi connectivity index (χ3n) is 5.17. The van der Waals surface area contributed by atoms with E-state index in [1.54, 1.807) is 49.6 Å². The Morgan fingerprint density at radius 1 is 0.844 bits per heavy atom. The van der Waals surface area contributed by atoms with Crippen molar-refractivity contribution in [3.63, 3.8) is 0 Å². The molecule has 32 heavy (non-hydrogen) atoms. The lowest BCUT2D eigenvalue weighted by atomic mass is 10.0. The van der Waals surface area contributed by atoms with Crippen LogP contribution in [0.1, 0.15) is 11.1 Å². The predicted molar refractivity (Wildman–Crippen MR) is 125 cm³/mol. The fourth-order valence-corrected chi connectivity index (χ4v) is 3.68. The summed E-state index contributed by atoms with van der Waals surface area (Å²) in [4.78, 5) is 28.2. The van der Waals surface area contributed by atoms with Crippen LogP contribution in [0.15, 0.2) is 72.4 Å². The van der Waals surface area contributed by atoms with Crippen molar-refractivity contribution in [1.82, 2.24) is 0 Å². The predicted octanol–water partition coefficient (Wildman–Crippen LogP) is 5.06. The zero-order valence-electron chi connectivity index (χ0n) is 17.8. The summed E-state index contributed by atoms with van der Waals surface area (Å²) in [5.41, 5.74) is 3.05. The molecule has 0 saturated carbocycles. The highest BCUT2D eigenvalue weighted by atomic mass is 35.5. The largest absolute Gasteiger partial charge is 0.497 e. The van der Waals surface area contributed by atoms with Crippen molar-refractivity contribution in [1.29, 1.82) is 0 Å². The van der Waals surface area contributed by atoms with Crippen molar-refractivity contribution in [2.24, 2.45) is 0 Å². The fourth-order valence-electron chi connectivity index (χ4n) is 3.51. The van der Waals surface area contributed by atoms with Gasteiger partial charge in [-0.3, -0.25) is 9.59 Å². The molecule has 1 N–H and O–H groups in total. The Labute approximate surface area is 191 Å². The first-order valence-corrected chi connectivity index (χ1v) is 10.3. The molecule has 0 aromatic heterocycles. The maximum Gasteiger partial charge on any atom is 0.282 e. The van der Waals surface area contributed by atoms with Gasteiger partial charge in [-0.25, -0.2) is 4.90 Å². The minimum absolute atomic E-state index is 0.172. The van der Waals surface area contributed by atoms with Crippen molar-refractivity contribution in [3.8, 4) is 11.5 Å². The van der Waals surface area contributed by atoms with Crippen molar-refractivity contribution in [3.05, 3.63) is 88.6 Å². The molecule has 0 aliphatic carbocycles. The number of nitrogens with zero attached hydrogens (tertiary/aromatic N) is 1. The number of rotatable bonds is 6. The van der Waals surface area contributed by atoms with E-state index >= 15 is 0 Å². The number of hydrogen-bond acceptors (Lipinski definition) is 5. The second-order valence-corrected chi connectivity index (χ2v) is 7.67. The third-order valence-corrected chi connectivity index (χ3v) is 5.40. The summed E-state index contributed by atoms with van der Waals surface area (Å²) in [7, 11) is 3.05. The van der Waals surface area contributed by atoms with Gasteiger partial charge in [-0.05, 0) is 55.0 Å². The van der Waals surface area contributed by atoms with Crippen LogP contribution in [0.5, 0.6) is 11.5 Å². The molecule has 1 heterocycles. The van der Waals surface area contributed by atoms with Crippen LogP contribution in [0.2, 0.25) is 5.02 Å². The molecule has 0 saturated heterocycles. The molecule has 2 amide bonds. The molecule has 0 radical (unpaired) electrons. The van der Waals surface area contributed by atoms with E-state index in [1.807, 2.05) is 31.2 Å². The van der Waals surface area contributed by atoms with Crippen LogP contribution < -0.4 is 19.7 Å². The molecule has 1 aliphatic heterocycles. The van der Waals surface area contributed by atoms with E-state index in [0.29, 0.717) is 27.8 Å². The van der Waals surface area contributed by atoms with E-state index in [0.717, 1.165) is 10.5 Å². The number of methoxy groups -OCH3 is 2. The Morgan fingerprint density at radius 3 is 2.16 bits per heavy atom. The Hall–Kier alpha value is -3.77. The zero-order valence-corrected chi connectivity index (χ0v) is 18.6. The quantitative estimate of drug-likeness (QED) is 0.534. The Balaban J connectivity index is 1.83. The SMILES string of the molecule is COc1ccc(NC2=C(c3ccc(C)cc3)C(=O)N(c3cc(Cl)ccc3OC)C2=O)cc1. The van der Waals surface area contributed by atoms with Gasteiger partial charge in [0.15, 0.2) is 0 Å². The van der Waals surface area contributed by atoms with E-state index in [-0.39, 0.29) is 17.0 Å². The first-order chi connectivity index (χ1) is 15.4. The molecule has 0 unspecified atom stereocenters. The second kappa shape index (κ2) is 8.77. The van der Waals surface area contributed by atoms with Crippen LogP contribution >= 0.6 is 11.6 Å². The molecule has 6 nitrogen and oxygen atoms in total. The Morgan fingerprint density at radius 2 is 1.53 bits per heavy atom. The highest BCUT2D eigenvalue weighted by Gasteiger charge is 2.41. The summed E-state index contributed by atoms with van der Waals surface area (Å²) >= 11 is 6.17. The van der Waals surface area contributed by atoms with Gasteiger partial charge in [0.25, 0.3) is 11.8 Å². The number of benzene rings is 3. The van der Waals surface area contributed by atoms with Crippen molar-refractivity contribution in [2.75, 3.05) is 24.4 Å². The summed E-state index contributed by atoms with van der Waals surface area (Å²) in [6.07, 6.45) is 0. The van der Waals surface area contributed by atoms with Crippen LogP contribution in [-0.2, 0) is 9.59 Å². The number of amides is 2. The summed E-state index contributed by atoms with van der Waals surface area (Å²) in [5.74, 6) is 0.0878. The van der Waals surface area contributed by atoms with Gasteiger partial charge in [0.2, 0.25) is 0 Å². The van der Waals surface area contributed by atoms with Crippen LogP contribution in [0.4, 0.5) is 11.4 Å². The number of halogens is 1. The van der Waals surface area contributed by atoms with Gasteiger partial charge < -0.3 is 14.8 Å². The number of carbonyl (C=O) groups excluding carboxylic acids is 2. The molecule has 0 atom stereocenters. The summed E-state index contributed by atoms with van der Waals surface area (Å²) in [5, 5.41) is 3.51. The van der Waals surface area contributed by atoms with E-state index in [1.165, 1.54) is 7.11 Å². The topological polar surface area (TPSA) is 67.9 Å². The number of nitrogens with one attached hydrogen (secondary N) is 1. The monoisotopic (exact) mass is 448 g/mol. The van der Waals surface area contributed by atoms with Crippen molar-refractivity contribution >= 4 is 40.4 Å².